The molecule has 5 rings (SSSR count). The molecule has 186 valence electrons. The van der Waals surface area contributed by atoms with Crippen LogP contribution in [0, 0.1) is 6.92 Å². The van der Waals surface area contributed by atoms with Gasteiger partial charge in [0.25, 0.3) is 0 Å². The molecule has 8 nitrogen and oxygen atoms in total. The third-order valence-electron chi connectivity index (χ3n) is 5.82. The maximum absolute atomic E-state index is 5.98. The van der Waals surface area contributed by atoms with E-state index >= 15 is 0 Å². The van der Waals surface area contributed by atoms with Gasteiger partial charge >= 0.3 is 0 Å². The van der Waals surface area contributed by atoms with Gasteiger partial charge in [-0.1, -0.05) is 24.3 Å². The van der Waals surface area contributed by atoms with Gasteiger partial charge in [0.05, 0.1) is 29.7 Å². The number of aromatic nitrogens is 6. The molecule has 0 fully saturated rings. The second-order valence-corrected chi connectivity index (χ2v) is 8.34. The van der Waals surface area contributed by atoms with Crippen LogP contribution in [-0.2, 0) is 6.54 Å². The van der Waals surface area contributed by atoms with Crippen molar-refractivity contribution in [1.29, 1.82) is 0 Å². The van der Waals surface area contributed by atoms with Crippen molar-refractivity contribution >= 4 is 0 Å². The summed E-state index contributed by atoms with van der Waals surface area (Å²) >= 11 is 0. The Balaban J connectivity index is 1.46. The lowest BCUT2D eigenvalue weighted by Gasteiger charge is -2.07. The van der Waals surface area contributed by atoms with Gasteiger partial charge in [-0.3, -0.25) is 0 Å². The van der Waals surface area contributed by atoms with Crippen molar-refractivity contribution in [3.8, 4) is 45.8 Å². The molecule has 0 bridgehead atoms. The minimum atomic E-state index is 0.457. The van der Waals surface area contributed by atoms with Crippen LogP contribution in [0.4, 0.5) is 0 Å². The standard InChI is InChI=1S/C29H28N6O2/c1-4-6-18-34-29(26-20-31-35(21(26)3)23-10-8-7-9-11-23)32-28(33-34)22-16-17-30-27(19-22)37-25-14-12-24(13-15-25)36-5-2/h4,7-17,19-20H,1,5-6,18H2,2-3H3. The van der Waals surface area contributed by atoms with Gasteiger partial charge < -0.3 is 9.47 Å². The van der Waals surface area contributed by atoms with Crippen molar-refractivity contribution in [2.24, 2.45) is 0 Å². The Morgan fingerprint density at radius 1 is 1.00 bits per heavy atom. The highest BCUT2D eigenvalue weighted by Gasteiger charge is 2.19. The number of benzene rings is 2. The van der Waals surface area contributed by atoms with E-state index in [1.807, 2.05) is 102 Å². The fourth-order valence-corrected chi connectivity index (χ4v) is 3.99. The molecule has 37 heavy (non-hydrogen) atoms. The highest BCUT2D eigenvalue weighted by molar-refractivity contribution is 5.64. The molecule has 0 amide bonds. The number of rotatable bonds is 10. The summed E-state index contributed by atoms with van der Waals surface area (Å²) in [6.45, 7) is 9.12. The number of aryl methyl sites for hydroxylation is 1. The van der Waals surface area contributed by atoms with Gasteiger partial charge in [0, 0.05) is 24.4 Å². The average molecular weight is 493 g/mol. The summed E-state index contributed by atoms with van der Waals surface area (Å²) in [4.78, 5) is 9.28. The first-order valence-corrected chi connectivity index (χ1v) is 12.2. The normalized spacial score (nSPS) is 10.9. The Kier molecular flexibility index (Phi) is 7.07. The lowest BCUT2D eigenvalue weighted by Crippen LogP contribution is -2.03. The molecule has 0 saturated heterocycles. The number of pyridine rings is 1. The van der Waals surface area contributed by atoms with Crippen molar-refractivity contribution in [1.82, 2.24) is 29.5 Å². The molecule has 3 heterocycles. The first-order valence-electron chi connectivity index (χ1n) is 12.2. The van der Waals surface area contributed by atoms with Crippen LogP contribution in [0.25, 0.3) is 28.5 Å². The van der Waals surface area contributed by atoms with E-state index in [2.05, 4.69) is 16.7 Å². The van der Waals surface area contributed by atoms with Gasteiger partial charge in [-0.15, -0.1) is 6.58 Å². The van der Waals surface area contributed by atoms with Gasteiger partial charge in [0.15, 0.2) is 11.6 Å². The first-order chi connectivity index (χ1) is 18.2. The summed E-state index contributed by atoms with van der Waals surface area (Å²) in [5, 5.41) is 9.44. The maximum atomic E-state index is 5.98. The highest BCUT2D eigenvalue weighted by atomic mass is 16.5. The summed E-state index contributed by atoms with van der Waals surface area (Å²) in [7, 11) is 0. The van der Waals surface area contributed by atoms with Gasteiger partial charge in [0.1, 0.15) is 11.5 Å². The van der Waals surface area contributed by atoms with Crippen molar-refractivity contribution in [2.45, 2.75) is 26.8 Å². The minimum absolute atomic E-state index is 0.457. The van der Waals surface area contributed by atoms with Gasteiger partial charge in [-0.25, -0.2) is 19.3 Å². The molecule has 0 spiro atoms. The van der Waals surface area contributed by atoms with Crippen LogP contribution in [0.1, 0.15) is 19.0 Å². The maximum Gasteiger partial charge on any atom is 0.219 e. The lowest BCUT2D eigenvalue weighted by molar-refractivity contribution is 0.339. The molecule has 0 aliphatic rings. The fraction of sp³-hybridized carbons (Fsp3) is 0.172. The monoisotopic (exact) mass is 492 g/mol. The first kappa shape index (κ1) is 24.0. The predicted octanol–water partition coefficient (Wildman–Crippen LogP) is 6.27. The Bertz CT molecular complexity index is 1490. The minimum Gasteiger partial charge on any atom is -0.494 e. The van der Waals surface area contributed by atoms with E-state index in [1.165, 1.54) is 0 Å². The lowest BCUT2D eigenvalue weighted by atomic mass is 10.2. The zero-order valence-electron chi connectivity index (χ0n) is 20.9. The van der Waals surface area contributed by atoms with Crippen LogP contribution >= 0.6 is 0 Å². The Hall–Kier alpha value is -4.72. The predicted molar refractivity (Wildman–Crippen MR) is 143 cm³/mol. The number of hydrogen-bond acceptors (Lipinski definition) is 6. The largest absolute Gasteiger partial charge is 0.494 e. The molecule has 0 radical (unpaired) electrons. The third kappa shape index (κ3) is 5.28. The van der Waals surface area contributed by atoms with E-state index in [1.54, 1.807) is 6.20 Å². The van der Waals surface area contributed by atoms with Crippen molar-refractivity contribution in [2.75, 3.05) is 6.61 Å². The van der Waals surface area contributed by atoms with Crippen LogP contribution in [0.3, 0.4) is 0 Å². The number of para-hydroxylation sites is 1. The van der Waals surface area contributed by atoms with E-state index in [9.17, 15) is 0 Å². The second kappa shape index (κ2) is 10.9. The topological polar surface area (TPSA) is 79.9 Å². The number of nitrogens with zero attached hydrogens (tertiary/aromatic N) is 6. The fourth-order valence-electron chi connectivity index (χ4n) is 3.99. The number of ether oxygens (including phenoxy) is 2. The van der Waals surface area contributed by atoms with E-state index in [-0.39, 0.29) is 0 Å². The van der Waals surface area contributed by atoms with Crippen molar-refractivity contribution in [3.63, 3.8) is 0 Å². The molecule has 0 unspecified atom stereocenters. The third-order valence-corrected chi connectivity index (χ3v) is 5.82. The molecule has 3 aromatic heterocycles. The summed E-state index contributed by atoms with van der Waals surface area (Å²) in [5.41, 5.74) is 3.71. The van der Waals surface area contributed by atoms with E-state index in [4.69, 9.17) is 19.6 Å². The second-order valence-electron chi connectivity index (χ2n) is 8.34. The van der Waals surface area contributed by atoms with Gasteiger partial charge in [-0.2, -0.15) is 10.2 Å². The molecule has 0 aliphatic carbocycles. The average Bonchev–Trinajstić information content (AvgIpc) is 3.52. The van der Waals surface area contributed by atoms with Gasteiger partial charge in [-0.05, 0) is 62.7 Å². The van der Waals surface area contributed by atoms with Crippen LogP contribution < -0.4 is 9.47 Å². The smallest absolute Gasteiger partial charge is 0.219 e. The molecule has 0 N–H and O–H groups in total. The van der Waals surface area contributed by atoms with E-state index in [0.717, 1.165) is 40.5 Å². The summed E-state index contributed by atoms with van der Waals surface area (Å²) in [6, 6.07) is 21.2. The zero-order chi connectivity index (χ0) is 25.6. The molecule has 0 atom stereocenters. The van der Waals surface area contributed by atoms with Crippen molar-refractivity contribution in [3.05, 3.63) is 97.5 Å². The molecule has 0 saturated carbocycles. The van der Waals surface area contributed by atoms with E-state index in [0.29, 0.717) is 30.6 Å². The Morgan fingerprint density at radius 3 is 2.54 bits per heavy atom. The van der Waals surface area contributed by atoms with Crippen LogP contribution in [0.5, 0.6) is 17.4 Å². The Morgan fingerprint density at radius 2 is 1.78 bits per heavy atom. The SMILES string of the molecule is C=CCCn1nc(-c2ccnc(Oc3ccc(OCC)cc3)c2)nc1-c1cnn(-c2ccccc2)c1C. The number of allylic oxidation sites excluding steroid dienone is 1. The molecule has 8 heteroatoms. The van der Waals surface area contributed by atoms with E-state index < -0.39 is 0 Å². The number of hydrogen-bond donors (Lipinski definition) is 0. The summed E-state index contributed by atoms with van der Waals surface area (Å²) < 4.78 is 15.3. The van der Waals surface area contributed by atoms with Gasteiger partial charge in [0.2, 0.25) is 5.88 Å². The molecule has 5 aromatic rings. The summed E-state index contributed by atoms with van der Waals surface area (Å²) in [5.74, 6) is 3.26. The zero-order valence-corrected chi connectivity index (χ0v) is 20.9. The summed E-state index contributed by atoms with van der Waals surface area (Å²) in [6.07, 6.45) is 6.18. The van der Waals surface area contributed by atoms with Crippen LogP contribution in [0.2, 0.25) is 0 Å². The van der Waals surface area contributed by atoms with Crippen LogP contribution in [-0.4, -0.2) is 36.1 Å². The van der Waals surface area contributed by atoms with Crippen LogP contribution in [0.15, 0.2) is 91.8 Å². The molecule has 0 aliphatic heterocycles. The quantitative estimate of drug-likeness (QED) is 0.214. The van der Waals surface area contributed by atoms with Crippen molar-refractivity contribution < 1.29 is 9.47 Å². The molecular weight excluding hydrogens is 464 g/mol. The molecule has 2 aromatic carbocycles. The Labute approximate surface area is 215 Å². The highest BCUT2D eigenvalue weighted by Crippen LogP contribution is 2.29. The molecular formula is C29H28N6O2.